The number of nitrogens with zero attached hydrogens (tertiary/aromatic N) is 2. The third-order valence-corrected chi connectivity index (χ3v) is 4.66. The molecule has 0 aromatic rings. The van der Waals surface area contributed by atoms with E-state index in [1.807, 2.05) is 6.92 Å². The number of ether oxygens (including phenoxy) is 1. The quantitative estimate of drug-likeness (QED) is 0.847. The van der Waals surface area contributed by atoms with Crippen molar-refractivity contribution in [1.29, 1.82) is 0 Å². The van der Waals surface area contributed by atoms with Crippen LogP contribution < -0.4 is 0 Å². The van der Waals surface area contributed by atoms with Crippen LogP contribution in [0.3, 0.4) is 0 Å². The summed E-state index contributed by atoms with van der Waals surface area (Å²) in [5.41, 5.74) is -1.00. The van der Waals surface area contributed by atoms with E-state index in [1.54, 1.807) is 16.9 Å². The number of carbonyl (C=O) groups excluding carboxylic acids is 1. The molecule has 0 aliphatic carbocycles. The van der Waals surface area contributed by atoms with Gasteiger partial charge in [0.2, 0.25) is 0 Å². The molecule has 0 radical (unpaired) electrons. The maximum atomic E-state index is 12.6. The highest BCUT2D eigenvalue weighted by molar-refractivity contribution is 5.87. The Morgan fingerprint density at radius 1 is 1.40 bits per heavy atom. The van der Waals surface area contributed by atoms with Gasteiger partial charge < -0.3 is 19.6 Å². The number of likely N-dealkylation sites (tertiary alicyclic amines) is 2. The van der Waals surface area contributed by atoms with E-state index >= 15 is 0 Å². The first-order valence-corrected chi connectivity index (χ1v) is 7.34. The lowest BCUT2D eigenvalue weighted by molar-refractivity contribution is -0.148. The Bertz CT molecular complexity index is 387. The standard InChI is InChI=1S/C14H24N2O4/c1-3-14(12(17)18)6-4-7-16(14)13(19)15-8-5-11(9-15)10-20-2/h11H,3-10H2,1-2H3,(H,17,18). The molecular formula is C14H24N2O4. The summed E-state index contributed by atoms with van der Waals surface area (Å²) in [5.74, 6) is -0.508. The highest BCUT2D eigenvalue weighted by Crippen LogP contribution is 2.34. The van der Waals surface area contributed by atoms with Crippen molar-refractivity contribution >= 4 is 12.0 Å². The summed E-state index contributed by atoms with van der Waals surface area (Å²) in [5, 5.41) is 9.53. The van der Waals surface area contributed by atoms with Gasteiger partial charge in [0.1, 0.15) is 5.54 Å². The van der Waals surface area contributed by atoms with Crippen LogP contribution in [-0.4, -0.2) is 65.8 Å². The molecule has 20 heavy (non-hydrogen) atoms. The van der Waals surface area contributed by atoms with E-state index in [1.165, 1.54) is 0 Å². The van der Waals surface area contributed by atoms with Gasteiger partial charge >= 0.3 is 12.0 Å². The van der Waals surface area contributed by atoms with E-state index in [0.717, 1.165) is 12.8 Å². The lowest BCUT2D eigenvalue weighted by Crippen LogP contribution is -2.56. The summed E-state index contributed by atoms with van der Waals surface area (Å²) in [7, 11) is 1.66. The summed E-state index contributed by atoms with van der Waals surface area (Å²) >= 11 is 0. The van der Waals surface area contributed by atoms with E-state index in [4.69, 9.17) is 4.74 Å². The normalized spacial score (nSPS) is 30.0. The number of carboxylic acids is 1. The van der Waals surface area contributed by atoms with Crippen LogP contribution in [0, 0.1) is 5.92 Å². The van der Waals surface area contributed by atoms with Gasteiger partial charge in [0.15, 0.2) is 0 Å². The zero-order chi connectivity index (χ0) is 14.8. The first kappa shape index (κ1) is 15.1. The Labute approximate surface area is 119 Å². The molecule has 0 spiro atoms. The Balaban J connectivity index is 2.07. The van der Waals surface area contributed by atoms with Gasteiger partial charge in [-0.05, 0) is 25.7 Å². The van der Waals surface area contributed by atoms with Gasteiger partial charge in [0.05, 0.1) is 6.61 Å². The largest absolute Gasteiger partial charge is 0.479 e. The molecule has 1 N–H and O–H groups in total. The fraction of sp³-hybridized carbons (Fsp3) is 0.857. The second-order valence-electron chi connectivity index (χ2n) is 5.78. The fourth-order valence-electron chi connectivity index (χ4n) is 3.45. The molecule has 0 aromatic heterocycles. The van der Waals surface area contributed by atoms with Gasteiger partial charge in [-0.25, -0.2) is 9.59 Å². The van der Waals surface area contributed by atoms with Gasteiger partial charge in [0.25, 0.3) is 0 Å². The smallest absolute Gasteiger partial charge is 0.329 e. The highest BCUT2D eigenvalue weighted by atomic mass is 16.5. The minimum Gasteiger partial charge on any atom is -0.479 e. The molecule has 0 aromatic carbocycles. The highest BCUT2D eigenvalue weighted by Gasteiger charge is 2.50. The SMILES string of the molecule is CCC1(C(=O)O)CCCN1C(=O)N1CCC(COC)C1. The molecule has 0 saturated carbocycles. The molecule has 2 fully saturated rings. The minimum atomic E-state index is -1.00. The molecule has 2 heterocycles. The number of carboxylic acid groups (broad SMARTS) is 1. The van der Waals surface area contributed by atoms with E-state index in [-0.39, 0.29) is 6.03 Å². The second-order valence-corrected chi connectivity index (χ2v) is 5.78. The maximum absolute atomic E-state index is 12.6. The minimum absolute atomic E-state index is 0.120. The molecule has 114 valence electrons. The van der Waals surface area contributed by atoms with Gasteiger partial charge in [0, 0.05) is 32.7 Å². The Morgan fingerprint density at radius 2 is 2.15 bits per heavy atom. The van der Waals surface area contributed by atoms with Crippen molar-refractivity contribution in [3.05, 3.63) is 0 Å². The second kappa shape index (κ2) is 5.99. The summed E-state index contributed by atoms with van der Waals surface area (Å²) in [4.78, 5) is 27.6. The monoisotopic (exact) mass is 284 g/mol. The number of urea groups is 1. The van der Waals surface area contributed by atoms with E-state index in [9.17, 15) is 14.7 Å². The molecule has 6 heteroatoms. The van der Waals surface area contributed by atoms with Crippen molar-refractivity contribution in [2.24, 2.45) is 5.92 Å². The number of rotatable bonds is 4. The molecule has 2 aliphatic heterocycles. The summed E-state index contributed by atoms with van der Waals surface area (Å²) in [6, 6.07) is -0.120. The van der Waals surface area contributed by atoms with Gasteiger partial charge in [-0.3, -0.25) is 0 Å². The Hall–Kier alpha value is -1.30. The lowest BCUT2D eigenvalue weighted by atomic mass is 9.93. The first-order valence-electron chi connectivity index (χ1n) is 7.34. The summed E-state index contributed by atoms with van der Waals surface area (Å²) in [6.45, 7) is 4.41. The Morgan fingerprint density at radius 3 is 2.75 bits per heavy atom. The fourth-order valence-corrected chi connectivity index (χ4v) is 3.45. The van der Waals surface area contributed by atoms with Crippen LogP contribution >= 0.6 is 0 Å². The Kier molecular flexibility index (Phi) is 4.52. The van der Waals surface area contributed by atoms with Crippen LogP contribution in [-0.2, 0) is 9.53 Å². The van der Waals surface area contributed by atoms with Crippen LogP contribution in [0.25, 0.3) is 0 Å². The van der Waals surface area contributed by atoms with Crippen LogP contribution in [0.2, 0.25) is 0 Å². The zero-order valence-electron chi connectivity index (χ0n) is 12.3. The van der Waals surface area contributed by atoms with Crippen molar-refractivity contribution in [2.45, 2.75) is 38.1 Å². The molecular weight excluding hydrogens is 260 g/mol. The van der Waals surface area contributed by atoms with E-state index in [0.29, 0.717) is 45.0 Å². The van der Waals surface area contributed by atoms with Crippen molar-refractivity contribution in [3.8, 4) is 0 Å². The number of methoxy groups -OCH3 is 1. The molecule has 2 saturated heterocycles. The van der Waals surface area contributed by atoms with Gasteiger partial charge in [-0.2, -0.15) is 0 Å². The number of carbonyl (C=O) groups is 2. The third kappa shape index (κ3) is 2.49. The number of amides is 2. The first-order chi connectivity index (χ1) is 9.55. The van der Waals surface area contributed by atoms with Crippen molar-refractivity contribution < 1.29 is 19.4 Å². The lowest BCUT2D eigenvalue weighted by Gasteiger charge is -2.36. The number of hydrogen-bond acceptors (Lipinski definition) is 3. The number of hydrogen-bond donors (Lipinski definition) is 1. The molecule has 2 atom stereocenters. The molecule has 2 amide bonds. The van der Waals surface area contributed by atoms with Crippen LogP contribution in [0.5, 0.6) is 0 Å². The van der Waals surface area contributed by atoms with Crippen LogP contribution in [0.4, 0.5) is 4.79 Å². The van der Waals surface area contributed by atoms with Crippen LogP contribution in [0.15, 0.2) is 0 Å². The number of aliphatic carboxylic acids is 1. The molecule has 2 rings (SSSR count). The maximum Gasteiger partial charge on any atom is 0.329 e. The molecule has 2 unspecified atom stereocenters. The van der Waals surface area contributed by atoms with Crippen molar-refractivity contribution in [2.75, 3.05) is 33.4 Å². The molecule has 0 bridgehead atoms. The molecule has 6 nitrogen and oxygen atoms in total. The van der Waals surface area contributed by atoms with Crippen molar-refractivity contribution in [3.63, 3.8) is 0 Å². The third-order valence-electron chi connectivity index (χ3n) is 4.66. The average Bonchev–Trinajstić information content (AvgIpc) is 3.05. The predicted molar refractivity (Wildman–Crippen MR) is 73.5 cm³/mol. The molecule has 2 aliphatic rings. The average molecular weight is 284 g/mol. The zero-order valence-corrected chi connectivity index (χ0v) is 12.3. The van der Waals surface area contributed by atoms with E-state index < -0.39 is 11.5 Å². The van der Waals surface area contributed by atoms with Crippen LogP contribution in [0.1, 0.15) is 32.6 Å². The topological polar surface area (TPSA) is 70.1 Å². The summed E-state index contributed by atoms with van der Waals surface area (Å²) in [6.07, 6.45) is 2.71. The van der Waals surface area contributed by atoms with E-state index in [2.05, 4.69) is 0 Å². The van der Waals surface area contributed by atoms with Gasteiger partial charge in [-0.15, -0.1) is 0 Å². The summed E-state index contributed by atoms with van der Waals surface area (Å²) < 4.78 is 5.13. The predicted octanol–water partition coefficient (Wildman–Crippen LogP) is 1.40. The van der Waals surface area contributed by atoms with Crippen molar-refractivity contribution in [1.82, 2.24) is 9.80 Å². The van der Waals surface area contributed by atoms with Gasteiger partial charge in [-0.1, -0.05) is 6.92 Å².